The summed E-state index contributed by atoms with van der Waals surface area (Å²) in [5.74, 6) is -0.367. The third-order valence-electron chi connectivity index (χ3n) is 3.64. The van der Waals surface area contributed by atoms with Crippen LogP contribution in [-0.2, 0) is 0 Å². The largest absolute Gasteiger partial charge is 0.322 e. The Hall–Kier alpha value is -2.19. The van der Waals surface area contributed by atoms with Crippen LogP contribution in [0, 0.1) is 3.57 Å². The van der Waals surface area contributed by atoms with Crippen molar-refractivity contribution >= 4 is 61.7 Å². The molecule has 4 nitrogen and oxygen atoms in total. The number of carbonyl (C=O) groups is 2. The third kappa shape index (κ3) is 4.50. The van der Waals surface area contributed by atoms with Crippen molar-refractivity contribution in [1.82, 2.24) is 0 Å². The van der Waals surface area contributed by atoms with Crippen LogP contribution in [0.15, 0.2) is 77.3 Å². The fraction of sp³-hybridized carbons (Fsp3) is 0. The first-order valence-corrected chi connectivity index (χ1v) is 9.63. The fourth-order valence-electron chi connectivity index (χ4n) is 2.32. The van der Waals surface area contributed by atoms with Gasteiger partial charge in [-0.25, -0.2) is 0 Å². The molecule has 2 amide bonds. The van der Waals surface area contributed by atoms with Gasteiger partial charge in [0.15, 0.2) is 0 Å². The van der Waals surface area contributed by atoms with Crippen molar-refractivity contribution in [2.75, 3.05) is 10.6 Å². The predicted octanol–water partition coefficient (Wildman–Crippen LogP) is 5.56. The molecule has 3 aromatic carbocycles. The SMILES string of the molecule is O=C(Nc1ccc(NC(=O)c2ccccc2I)cc1)c1ccccc1Br. The van der Waals surface area contributed by atoms with E-state index in [1.165, 1.54) is 0 Å². The maximum absolute atomic E-state index is 12.3. The topological polar surface area (TPSA) is 58.2 Å². The van der Waals surface area contributed by atoms with Crippen molar-refractivity contribution in [3.05, 3.63) is 92.0 Å². The molecule has 130 valence electrons. The highest BCUT2D eigenvalue weighted by Crippen LogP contribution is 2.20. The molecule has 6 heteroatoms. The van der Waals surface area contributed by atoms with E-state index in [-0.39, 0.29) is 11.8 Å². The Labute approximate surface area is 173 Å². The average Bonchev–Trinajstić information content (AvgIpc) is 2.64. The summed E-state index contributed by atoms with van der Waals surface area (Å²) < 4.78 is 1.62. The highest BCUT2D eigenvalue weighted by Gasteiger charge is 2.11. The van der Waals surface area contributed by atoms with Crippen LogP contribution in [0.4, 0.5) is 11.4 Å². The van der Waals surface area contributed by atoms with Gasteiger partial charge in [-0.3, -0.25) is 9.59 Å². The number of benzene rings is 3. The van der Waals surface area contributed by atoms with Gasteiger partial charge in [0.05, 0.1) is 11.1 Å². The van der Waals surface area contributed by atoms with E-state index in [2.05, 4.69) is 49.2 Å². The maximum atomic E-state index is 12.3. The van der Waals surface area contributed by atoms with E-state index in [0.29, 0.717) is 22.5 Å². The third-order valence-corrected chi connectivity index (χ3v) is 5.27. The fourth-order valence-corrected chi connectivity index (χ4v) is 3.42. The summed E-state index contributed by atoms with van der Waals surface area (Å²) in [6, 6.07) is 21.6. The normalized spacial score (nSPS) is 10.2. The molecule has 2 N–H and O–H groups in total. The molecule has 0 heterocycles. The first-order chi connectivity index (χ1) is 12.5. The molecule has 26 heavy (non-hydrogen) atoms. The summed E-state index contributed by atoms with van der Waals surface area (Å²) in [5, 5.41) is 5.69. The highest BCUT2D eigenvalue weighted by atomic mass is 127. The second-order valence-corrected chi connectivity index (χ2v) is 7.46. The van der Waals surface area contributed by atoms with Gasteiger partial charge in [-0.05, 0) is 87.1 Å². The number of rotatable bonds is 4. The van der Waals surface area contributed by atoms with Gasteiger partial charge < -0.3 is 10.6 Å². The maximum Gasteiger partial charge on any atom is 0.256 e. The lowest BCUT2D eigenvalue weighted by atomic mass is 10.2. The van der Waals surface area contributed by atoms with E-state index < -0.39 is 0 Å². The first-order valence-electron chi connectivity index (χ1n) is 7.76. The van der Waals surface area contributed by atoms with Crippen LogP contribution in [0.1, 0.15) is 20.7 Å². The number of nitrogens with one attached hydrogen (secondary N) is 2. The van der Waals surface area contributed by atoms with Gasteiger partial charge in [-0.15, -0.1) is 0 Å². The molecular weight excluding hydrogens is 507 g/mol. The van der Waals surface area contributed by atoms with E-state index in [4.69, 9.17) is 0 Å². The molecule has 0 atom stereocenters. The lowest BCUT2D eigenvalue weighted by Crippen LogP contribution is -2.14. The Balaban J connectivity index is 1.67. The van der Waals surface area contributed by atoms with Crippen molar-refractivity contribution in [1.29, 1.82) is 0 Å². The van der Waals surface area contributed by atoms with Crippen molar-refractivity contribution in [3.63, 3.8) is 0 Å². The molecule has 0 saturated carbocycles. The van der Waals surface area contributed by atoms with Gasteiger partial charge in [0.2, 0.25) is 0 Å². The lowest BCUT2D eigenvalue weighted by Gasteiger charge is -2.09. The summed E-state index contributed by atoms with van der Waals surface area (Å²) in [5.41, 5.74) is 2.49. The zero-order valence-corrected chi connectivity index (χ0v) is 17.2. The van der Waals surface area contributed by atoms with Crippen molar-refractivity contribution in [2.45, 2.75) is 0 Å². The van der Waals surface area contributed by atoms with Gasteiger partial charge in [0, 0.05) is 19.4 Å². The molecule has 0 radical (unpaired) electrons. The van der Waals surface area contributed by atoms with E-state index >= 15 is 0 Å². The van der Waals surface area contributed by atoms with Crippen LogP contribution in [-0.4, -0.2) is 11.8 Å². The van der Waals surface area contributed by atoms with Gasteiger partial charge >= 0.3 is 0 Å². The molecule has 0 aliphatic rings. The second-order valence-electron chi connectivity index (χ2n) is 5.45. The Bertz CT molecular complexity index is 880. The number of amides is 2. The van der Waals surface area contributed by atoms with Crippen LogP contribution < -0.4 is 10.6 Å². The number of hydrogen-bond acceptors (Lipinski definition) is 2. The van der Waals surface area contributed by atoms with E-state index in [1.54, 1.807) is 36.4 Å². The summed E-state index contributed by atoms with van der Waals surface area (Å²) in [4.78, 5) is 24.6. The quantitative estimate of drug-likeness (QED) is 0.442. The van der Waals surface area contributed by atoms with Crippen LogP contribution in [0.5, 0.6) is 0 Å². The zero-order valence-electron chi connectivity index (χ0n) is 13.5. The van der Waals surface area contributed by atoms with Crippen molar-refractivity contribution in [2.24, 2.45) is 0 Å². The van der Waals surface area contributed by atoms with Crippen LogP contribution in [0.2, 0.25) is 0 Å². The van der Waals surface area contributed by atoms with E-state index in [9.17, 15) is 9.59 Å². The van der Waals surface area contributed by atoms with Gasteiger partial charge in [-0.1, -0.05) is 24.3 Å². The first kappa shape index (κ1) is 18.6. The minimum absolute atomic E-state index is 0.167. The predicted molar refractivity (Wildman–Crippen MR) is 116 cm³/mol. The molecular formula is C20H14BrIN2O2. The minimum atomic E-state index is -0.201. The van der Waals surface area contributed by atoms with Crippen molar-refractivity contribution < 1.29 is 9.59 Å². The summed E-state index contributed by atoms with van der Waals surface area (Å²) in [7, 11) is 0. The number of carbonyl (C=O) groups excluding carboxylic acids is 2. The molecule has 0 unspecified atom stereocenters. The van der Waals surface area contributed by atoms with E-state index in [0.717, 1.165) is 8.04 Å². The average molecular weight is 521 g/mol. The Morgan fingerprint density at radius 2 is 1.15 bits per heavy atom. The van der Waals surface area contributed by atoms with Crippen molar-refractivity contribution in [3.8, 4) is 0 Å². The molecule has 0 fully saturated rings. The Morgan fingerprint density at radius 3 is 1.69 bits per heavy atom. The minimum Gasteiger partial charge on any atom is -0.322 e. The molecule has 0 spiro atoms. The number of halogens is 2. The summed E-state index contributed by atoms with van der Waals surface area (Å²) >= 11 is 5.50. The standard InChI is InChI=1S/C20H14BrIN2O2/c21-17-7-3-1-5-15(17)19(25)23-13-9-11-14(12-10-13)24-20(26)16-6-2-4-8-18(16)22/h1-12H,(H,23,25)(H,24,26). The van der Waals surface area contributed by atoms with Crippen LogP contribution >= 0.6 is 38.5 Å². The molecule has 3 aromatic rings. The second kappa shape index (κ2) is 8.46. The van der Waals surface area contributed by atoms with Gasteiger partial charge in [0.25, 0.3) is 11.8 Å². The summed E-state index contributed by atoms with van der Waals surface area (Å²) in [6.07, 6.45) is 0. The lowest BCUT2D eigenvalue weighted by molar-refractivity contribution is 0.101. The molecule has 0 bridgehead atoms. The monoisotopic (exact) mass is 520 g/mol. The Kier molecular flexibility index (Phi) is 6.05. The molecule has 0 aromatic heterocycles. The molecule has 0 aliphatic heterocycles. The number of anilines is 2. The molecule has 0 aliphatic carbocycles. The van der Waals surface area contributed by atoms with Crippen LogP contribution in [0.25, 0.3) is 0 Å². The van der Waals surface area contributed by atoms with Gasteiger partial charge in [-0.2, -0.15) is 0 Å². The molecule has 0 saturated heterocycles. The Morgan fingerprint density at radius 1 is 0.692 bits per heavy atom. The zero-order chi connectivity index (χ0) is 18.5. The summed E-state index contributed by atoms with van der Waals surface area (Å²) in [6.45, 7) is 0. The van der Waals surface area contributed by atoms with E-state index in [1.807, 2.05) is 36.4 Å². The van der Waals surface area contributed by atoms with Crippen LogP contribution in [0.3, 0.4) is 0 Å². The van der Waals surface area contributed by atoms with Gasteiger partial charge in [0.1, 0.15) is 0 Å². The number of hydrogen-bond donors (Lipinski definition) is 2. The highest BCUT2D eigenvalue weighted by molar-refractivity contribution is 14.1. The molecule has 3 rings (SSSR count). The smallest absolute Gasteiger partial charge is 0.256 e.